The van der Waals surface area contributed by atoms with Gasteiger partial charge < -0.3 is 14.5 Å². The second-order valence-electron chi connectivity index (χ2n) is 4.64. The van der Waals surface area contributed by atoms with Crippen LogP contribution < -0.4 is 5.32 Å². The Balaban J connectivity index is 1.81. The minimum absolute atomic E-state index is 0.962. The van der Waals surface area contributed by atoms with Crippen molar-refractivity contribution in [1.29, 1.82) is 0 Å². The van der Waals surface area contributed by atoms with Crippen LogP contribution >= 0.6 is 0 Å². The third kappa shape index (κ3) is 3.47. The predicted molar refractivity (Wildman–Crippen MR) is 73.3 cm³/mol. The van der Waals surface area contributed by atoms with Gasteiger partial charge in [0.1, 0.15) is 5.82 Å². The Morgan fingerprint density at radius 3 is 2.94 bits per heavy atom. The highest BCUT2D eigenvalue weighted by molar-refractivity contribution is 5.10. The number of nitrogens with one attached hydrogen (secondary N) is 1. The molecule has 98 valence electrons. The number of rotatable bonds is 7. The zero-order chi connectivity index (χ0) is 12.8. The number of hydrogen-bond acceptors (Lipinski definition) is 2. The summed E-state index contributed by atoms with van der Waals surface area (Å²) in [6, 6.07) is 2.18. The molecule has 2 heterocycles. The van der Waals surface area contributed by atoms with Gasteiger partial charge in [0, 0.05) is 51.3 Å². The van der Waals surface area contributed by atoms with E-state index in [9.17, 15) is 0 Å². The molecular formula is C14H22N4. The van der Waals surface area contributed by atoms with Crippen molar-refractivity contribution < 1.29 is 0 Å². The Hall–Kier alpha value is -1.55. The van der Waals surface area contributed by atoms with Crippen LogP contribution in [0.4, 0.5) is 0 Å². The van der Waals surface area contributed by atoms with Gasteiger partial charge in [-0.3, -0.25) is 0 Å². The summed E-state index contributed by atoms with van der Waals surface area (Å²) in [6.45, 7) is 5.21. The summed E-state index contributed by atoms with van der Waals surface area (Å²) >= 11 is 0. The van der Waals surface area contributed by atoms with Gasteiger partial charge in [0.2, 0.25) is 0 Å². The average Bonchev–Trinajstić information content (AvgIpc) is 2.96. The molecule has 0 amide bonds. The highest BCUT2D eigenvalue weighted by atomic mass is 15.0. The quantitative estimate of drug-likeness (QED) is 0.758. The van der Waals surface area contributed by atoms with Gasteiger partial charge in [-0.25, -0.2) is 4.98 Å². The molecule has 4 heteroatoms. The summed E-state index contributed by atoms with van der Waals surface area (Å²) in [5.74, 6) is 1.13. The van der Waals surface area contributed by atoms with E-state index >= 15 is 0 Å². The van der Waals surface area contributed by atoms with Crippen LogP contribution in [0.15, 0.2) is 30.9 Å². The Morgan fingerprint density at radius 2 is 2.22 bits per heavy atom. The first kappa shape index (κ1) is 12.9. The van der Waals surface area contributed by atoms with E-state index in [0.29, 0.717) is 0 Å². The summed E-state index contributed by atoms with van der Waals surface area (Å²) in [6.07, 6.45) is 10.4. The predicted octanol–water partition coefficient (Wildman–Crippen LogP) is 1.96. The zero-order valence-electron chi connectivity index (χ0n) is 11.3. The zero-order valence-corrected chi connectivity index (χ0v) is 11.3. The monoisotopic (exact) mass is 246 g/mol. The highest BCUT2D eigenvalue weighted by Gasteiger charge is 2.01. The molecule has 0 radical (unpaired) electrons. The molecule has 0 aliphatic carbocycles. The van der Waals surface area contributed by atoms with E-state index in [2.05, 4.69) is 44.8 Å². The molecular weight excluding hydrogens is 224 g/mol. The molecule has 0 aliphatic heterocycles. The van der Waals surface area contributed by atoms with Crippen molar-refractivity contribution in [2.45, 2.75) is 32.9 Å². The van der Waals surface area contributed by atoms with Crippen molar-refractivity contribution in [3.8, 4) is 0 Å². The number of imidazole rings is 1. The van der Waals surface area contributed by atoms with Crippen molar-refractivity contribution in [1.82, 2.24) is 19.4 Å². The van der Waals surface area contributed by atoms with Crippen LogP contribution in [0.2, 0.25) is 0 Å². The maximum absolute atomic E-state index is 4.34. The van der Waals surface area contributed by atoms with Crippen LogP contribution in [0.1, 0.15) is 24.7 Å². The van der Waals surface area contributed by atoms with E-state index in [4.69, 9.17) is 0 Å². The standard InChI is InChI=1S/C14H22N4/c1-3-6-15-11-13-4-8-18(12-13)9-5-14-16-7-10-17(14)2/h4,7-8,10,12,15H,3,5-6,9,11H2,1-2H3. The number of nitrogens with zero attached hydrogens (tertiary/aromatic N) is 3. The minimum Gasteiger partial charge on any atom is -0.353 e. The lowest BCUT2D eigenvalue weighted by Gasteiger charge is -2.03. The number of aromatic nitrogens is 3. The van der Waals surface area contributed by atoms with Crippen LogP contribution in [0.25, 0.3) is 0 Å². The van der Waals surface area contributed by atoms with Gasteiger partial charge >= 0.3 is 0 Å². The van der Waals surface area contributed by atoms with E-state index in [0.717, 1.165) is 31.9 Å². The molecule has 2 aromatic heterocycles. The summed E-state index contributed by atoms with van der Waals surface area (Å²) in [5.41, 5.74) is 1.35. The Morgan fingerprint density at radius 1 is 1.33 bits per heavy atom. The van der Waals surface area contributed by atoms with Crippen molar-refractivity contribution in [2.75, 3.05) is 6.54 Å². The third-order valence-electron chi connectivity index (χ3n) is 3.08. The average molecular weight is 246 g/mol. The van der Waals surface area contributed by atoms with Crippen LogP contribution in [-0.2, 0) is 26.6 Å². The third-order valence-corrected chi connectivity index (χ3v) is 3.08. The fraction of sp³-hybridized carbons (Fsp3) is 0.500. The first-order chi connectivity index (χ1) is 8.79. The normalized spacial score (nSPS) is 11.0. The second-order valence-corrected chi connectivity index (χ2v) is 4.64. The van der Waals surface area contributed by atoms with Crippen molar-refractivity contribution in [3.63, 3.8) is 0 Å². The lowest BCUT2D eigenvalue weighted by atomic mass is 10.3. The van der Waals surface area contributed by atoms with Gasteiger partial charge in [-0.15, -0.1) is 0 Å². The molecule has 0 bridgehead atoms. The minimum atomic E-state index is 0.962. The molecule has 0 aliphatic rings. The summed E-state index contributed by atoms with van der Waals surface area (Å²) < 4.78 is 4.31. The lowest BCUT2D eigenvalue weighted by molar-refractivity contribution is 0.645. The maximum atomic E-state index is 4.34. The van der Waals surface area contributed by atoms with Crippen LogP contribution in [0.5, 0.6) is 0 Å². The summed E-state index contributed by atoms with van der Waals surface area (Å²) in [7, 11) is 2.04. The molecule has 0 fully saturated rings. The fourth-order valence-electron chi connectivity index (χ4n) is 2.01. The topological polar surface area (TPSA) is 34.8 Å². The van der Waals surface area contributed by atoms with E-state index in [1.54, 1.807) is 0 Å². The van der Waals surface area contributed by atoms with Crippen molar-refractivity contribution >= 4 is 0 Å². The Kier molecular flexibility index (Phi) is 4.59. The molecule has 0 atom stereocenters. The summed E-state index contributed by atoms with van der Waals surface area (Å²) in [4.78, 5) is 4.34. The van der Waals surface area contributed by atoms with Crippen LogP contribution in [0, 0.1) is 0 Å². The Labute approximate surface area is 109 Å². The van der Waals surface area contributed by atoms with Crippen molar-refractivity contribution in [3.05, 3.63) is 42.2 Å². The molecule has 18 heavy (non-hydrogen) atoms. The molecule has 0 unspecified atom stereocenters. The smallest absolute Gasteiger partial charge is 0.110 e. The van der Waals surface area contributed by atoms with E-state index in [-0.39, 0.29) is 0 Å². The largest absolute Gasteiger partial charge is 0.353 e. The maximum Gasteiger partial charge on any atom is 0.110 e. The molecule has 1 N–H and O–H groups in total. The highest BCUT2D eigenvalue weighted by Crippen LogP contribution is 2.04. The molecule has 0 saturated carbocycles. The van der Waals surface area contributed by atoms with Gasteiger partial charge in [0.15, 0.2) is 0 Å². The van der Waals surface area contributed by atoms with E-state index < -0.39 is 0 Å². The number of hydrogen-bond donors (Lipinski definition) is 1. The van der Waals surface area contributed by atoms with Gasteiger partial charge in [0.05, 0.1) is 0 Å². The second kappa shape index (κ2) is 6.40. The molecule has 0 saturated heterocycles. The van der Waals surface area contributed by atoms with Gasteiger partial charge in [-0.1, -0.05) is 6.92 Å². The number of aryl methyl sites for hydroxylation is 3. The SMILES string of the molecule is CCCNCc1ccn(CCc2nccn2C)c1. The van der Waals surface area contributed by atoms with E-state index in [1.807, 2.05) is 19.4 Å². The van der Waals surface area contributed by atoms with Crippen LogP contribution in [0.3, 0.4) is 0 Å². The molecule has 0 aromatic carbocycles. The first-order valence-corrected chi connectivity index (χ1v) is 6.61. The van der Waals surface area contributed by atoms with Gasteiger partial charge in [-0.05, 0) is 24.6 Å². The molecule has 0 spiro atoms. The lowest BCUT2D eigenvalue weighted by Crippen LogP contribution is -2.13. The van der Waals surface area contributed by atoms with Gasteiger partial charge in [0.25, 0.3) is 0 Å². The van der Waals surface area contributed by atoms with Crippen molar-refractivity contribution in [2.24, 2.45) is 7.05 Å². The Bertz CT molecular complexity index is 470. The van der Waals surface area contributed by atoms with E-state index in [1.165, 1.54) is 12.0 Å². The van der Waals surface area contributed by atoms with Crippen LogP contribution in [-0.4, -0.2) is 20.7 Å². The fourth-order valence-corrected chi connectivity index (χ4v) is 2.01. The first-order valence-electron chi connectivity index (χ1n) is 6.61. The molecule has 4 nitrogen and oxygen atoms in total. The molecule has 2 aromatic rings. The molecule has 2 rings (SSSR count). The van der Waals surface area contributed by atoms with Gasteiger partial charge in [-0.2, -0.15) is 0 Å². The summed E-state index contributed by atoms with van der Waals surface area (Å²) in [5, 5.41) is 3.41.